The first-order valence-corrected chi connectivity index (χ1v) is 6.87. The Morgan fingerprint density at radius 1 is 1.11 bits per heavy atom. The second-order valence-corrected chi connectivity index (χ2v) is 5.55. The van der Waals surface area contributed by atoms with E-state index in [0.717, 1.165) is 10.1 Å². The minimum Gasteiger partial charge on any atom is -0.508 e. The monoisotopic (exact) mass is 288 g/mol. The van der Waals surface area contributed by atoms with E-state index in [9.17, 15) is 9.90 Å². The highest BCUT2D eigenvalue weighted by molar-refractivity contribution is 7.21. The number of thiophene rings is 1. The van der Waals surface area contributed by atoms with Crippen LogP contribution in [-0.2, 0) is 0 Å². The largest absolute Gasteiger partial charge is 0.508 e. The van der Waals surface area contributed by atoms with Crippen molar-refractivity contribution in [2.45, 2.75) is 0 Å². The third kappa shape index (κ3) is 2.11. The molecule has 2 nitrogen and oxygen atoms in total. The molecular formula is C15H9ClO2S. The third-order valence-corrected chi connectivity index (χ3v) is 4.51. The molecule has 0 aliphatic rings. The second-order valence-electron chi connectivity index (χ2n) is 4.12. The van der Waals surface area contributed by atoms with Crippen LogP contribution in [0.5, 0.6) is 5.75 Å². The highest BCUT2D eigenvalue weighted by Crippen LogP contribution is 2.38. The van der Waals surface area contributed by atoms with E-state index in [1.807, 2.05) is 18.2 Å². The number of aromatic hydroxyl groups is 1. The highest BCUT2D eigenvalue weighted by atomic mass is 35.5. The lowest BCUT2D eigenvalue weighted by atomic mass is 10.1. The molecule has 0 fully saturated rings. The predicted molar refractivity (Wildman–Crippen MR) is 78.4 cm³/mol. The molecule has 1 aromatic heterocycles. The van der Waals surface area contributed by atoms with Crippen LogP contribution in [0.25, 0.3) is 10.1 Å². The van der Waals surface area contributed by atoms with Crippen molar-refractivity contribution in [2.24, 2.45) is 0 Å². The Kier molecular flexibility index (Phi) is 3.01. The third-order valence-electron chi connectivity index (χ3n) is 2.86. The minimum atomic E-state index is -0.0914. The van der Waals surface area contributed by atoms with E-state index >= 15 is 0 Å². The molecule has 0 radical (unpaired) electrons. The Hall–Kier alpha value is -1.84. The number of hydrogen-bond acceptors (Lipinski definition) is 3. The summed E-state index contributed by atoms with van der Waals surface area (Å²) in [5, 5.41) is 10.7. The van der Waals surface area contributed by atoms with Gasteiger partial charge in [0.2, 0.25) is 5.78 Å². The van der Waals surface area contributed by atoms with Crippen molar-refractivity contribution in [1.29, 1.82) is 0 Å². The van der Waals surface area contributed by atoms with E-state index in [4.69, 9.17) is 11.6 Å². The normalized spacial score (nSPS) is 10.8. The molecule has 19 heavy (non-hydrogen) atoms. The fraction of sp³-hybridized carbons (Fsp3) is 0. The summed E-state index contributed by atoms with van der Waals surface area (Å²) < 4.78 is 0.810. The number of carbonyl (C=O) groups is 1. The summed E-state index contributed by atoms with van der Waals surface area (Å²) in [5.41, 5.74) is 0.611. The number of ketones is 1. The number of fused-ring (bicyclic) bond motifs is 1. The molecule has 3 rings (SSSR count). The van der Waals surface area contributed by atoms with Gasteiger partial charge in [0.05, 0.1) is 9.90 Å². The van der Waals surface area contributed by atoms with Gasteiger partial charge in [-0.2, -0.15) is 0 Å². The van der Waals surface area contributed by atoms with Gasteiger partial charge >= 0.3 is 0 Å². The number of rotatable bonds is 2. The van der Waals surface area contributed by atoms with Gasteiger partial charge in [-0.1, -0.05) is 41.9 Å². The van der Waals surface area contributed by atoms with Crippen molar-refractivity contribution in [3.05, 3.63) is 64.0 Å². The SMILES string of the molecule is O=C(c1ccccc1)c1sc2cc(O)ccc2c1Cl. The van der Waals surface area contributed by atoms with Crippen molar-refractivity contribution in [3.8, 4) is 5.75 Å². The molecule has 1 heterocycles. The van der Waals surface area contributed by atoms with Gasteiger partial charge < -0.3 is 5.11 Å². The van der Waals surface area contributed by atoms with Gasteiger partial charge in [0.25, 0.3) is 0 Å². The summed E-state index contributed by atoms with van der Waals surface area (Å²) in [5.74, 6) is 0.0791. The Morgan fingerprint density at radius 2 is 1.84 bits per heavy atom. The molecule has 0 aliphatic carbocycles. The first-order chi connectivity index (χ1) is 9.16. The predicted octanol–water partition coefficient (Wildman–Crippen LogP) is 4.49. The quantitative estimate of drug-likeness (QED) is 0.705. The first-order valence-electron chi connectivity index (χ1n) is 5.67. The molecule has 0 amide bonds. The van der Waals surface area contributed by atoms with Crippen LogP contribution in [0.1, 0.15) is 15.2 Å². The average molecular weight is 289 g/mol. The van der Waals surface area contributed by atoms with E-state index < -0.39 is 0 Å². The summed E-state index contributed by atoms with van der Waals surface area (Å²) in [6.45, 7) is 0. The molecular weight excluding hydrogens is 280 g/mol. The van der Waals surface area contributed by atoms with Gasteiger partial charge in [0.15, 0.2) is 0 Å². The van der Waals surface area contributed by atoms with Crippen molar-refractivity contribution in [2.75, 3.05) is 0 Å². The van der Waals surface area contributed by atoms with Crippen molar-refractivity contribution < 1.29 is 9.90 Å². The Balaban J connectivity index is 2.16. The summed E-state index contributed by atoms with van der Waals surface area (Å²) >= 11 is 7.56. The molecule has 1 N–H and O–H groups in total. The summed E-state index contributed by atoms with van der Waals surface area (Å²) in [6, 6.07) is 13.9. The summed E-state index contributed by atoms with van der Waals surface area (Å²) in [7, 11) is 0. The van der Waals surface area contributed by atoms with Gasteiger partial charge in [-0.25, -0.2) is 0 Å². The van der Waals surface area contributed by atoms with E-state index in [1.165, 1.54) is 11.3 Å². The van der Waals surface area contributed by atoms with Crippen LogP contribution in [0.3, 0.4) is 0 Å². The highest BCUT2D eigenvalue weighted by Gasteiger charge is 2.18. The Bertz CT molecular complexity index is 762. The molecule has 0 spiro atoms. The maximum atomic E-state index is 12.4. The van der Waals surface area contributed by atoms with Gasteiger partial charge in [-0.15, -0.1) is 11.3 Å². The number of halogens is 1. The van der Waals surface area contributed by atoms with Crippen LogP contribution in [0, 0.1) is 0 Å². The zero-order valence-corrected chi connectivity index (χ0v) is 11.3. The molecule has 0 unspecified atom stereocenters. The number of benzene rings is 2. The van der Waals surface area contributed by atoms with Crippen molar-refractivity contribution in [1.82, 2.24) is 0 Å². The minimum absolute atomic E-state index is 0.0914. The molecule has 3 aromatic rings. The lowest BCUT2D eigenvalue weighted by molar-refractivity contribution is 0.104. The maximum absolute atomic E-state index is 12.4. The zero-order chi connectivity index (χ0) is 13.4. The fourth-order valence-electron chi connectivity index (χ4n) is 1.92. The van der Waals surface area contributed by atoms with Crippen LogP contribution in [0.15, 0.2) is 48.5 Å². The summed E-state index contributed by atoms with van der Waals surface area (Å²) in [4.78, 5) is 12.9. The summed E-state index contributed by atoms with van der Waals surface area (Å²) in [6.07, 6.45) is 0. The van der Waals surface area contributed by atoms with Gasteiger partial charge in [-0.05, 0) is 18.2 Å². The molecule has 0 bridgehead atoms. The van der Waals surface area contributed by atoms with Crippen LogP contribution in [-0.4, -0.2) is 10.9 Å². The van der Waals surface area contributed by atoms with Crippen molar-refractivity contribution in [3.63, 3.8) is 0 Å². The molecule has 94 valence electrons. The van der Waals surface area contributed by atoms with Gasteiger partial charge in [-0.3, -0.25) is 4.79 Å². The molecule has 0 saturated heterocycles. The van der Waals surface area contributed by atoms with E-state index in [0.29, 0.717) is 15.5 Å². The van der Waals surface area contributed by atoms with Crippen LogP contribution < -0.4 is 0 Å². The standard InChI is InChI=1S/C15H9ClO2S/c16-13-11-7-6-10(17)8-12(11)19-15(13)14(18)9-4-2-1-3-5-9/h1-8,17H. The van der Waals surface area contributed by atoms with Crippen LogP contribution in [0.4, 0.5) is 0 Å². The molecule has 0 atom stereocenters. The Morgan fingerprint density at radius 3 is 2.58 bits per heavy atom. The second kappa shape index (κ2) is 4.68. The Labute approximate surface area is 118 Å². The first kappa shape index (κ1) is 12.2. The lowest BCUT2D eigenvalue weighted by Crippen LogP contribution is -1.98. The van der Waals surface area contributed by atoms with E-state index in [-0.39, 0.29) is 11.5 Å². The zero-order valence-electron chi connectivity index (χ0n) is 9.76. The molecule has 0 aliphatic heterocycles. The number of phenols is 1. The van der Waals surface area contributed by atoms with E-state index in [1.54, 1.807) is 30.3 Å². The van der Waals surface area contributed by atoms with Gasteiger partial charge in [0, 0.05) is 15.6 Å². The molecule has 4 heteroatoms. The van der Waals surface area contributed by atoms with Crippen LogP contribution in [0.2, 0.25) is 5.02 Å². The number of carbonyl (C=O) groups excluding carboxylic acids is 1. The topological polar surface area (TPSA) is 37.3 Å². The van der Waals surface area contributed by atoms with Gasteiger partial charge in [0.1, 0.15) is 5.75 Å². The fourth-order valence-corrected chi connectivity index (χ4v) is 3.43. The van der Waals surface area contributed by atoms with Crippen LogP contribution >= 0.6 is 22.9 Å². The smallest absolute Gasteiger partial charge is 0.204 e. The molecule has 0 saturated carbocycles. The lowest BCUT2D eigenvalue weighted by Gasteiger charge is -1.97. The van der Waals surface area contributed by atoms with E-state index in [2.05, 4.69) is 0 Å². The average Bonchev–Trinajstić information content (AvgIpc) is 2.75. The number of hydrogen-bond donors (Lipinski definition) is 1. The van der Waals surface area contributed by atoms with Crippen molar-refractivity contribution >= 4 is 38.8 Å². The maximum Gasteiger partial charge on any atom is 0.204 e. The molecule has 2 aromatic carbocycles. The number of phenolic OH excluding ortho intramolecular Hbond substituents is 1.